The van der Waals surface area contributed by atoms with Gasteiger partial charge in [0.15, 0.2) is 0 Å². The first-order valence-corrected chi connectivity index (χ1v) is 4.87. The molecule has 2 aromatic carbocycles. The van der Waals surface area contributed by atoms with Gasteiger partial charge in [-0.1, -0.05) is 24.3 Å². The first-order valence-electron chi connectivity index (χ1n) is 4.87. The molecule has 0 amide bonds. The summed E-state index contributed by atoms with van der Waals surface area (Å²) >= 11 is 0. The standard InChI is InChI=1S/C12H6F6/c13-11(14,15)9-5-7-3-1-2-4-8(7)6-10(9)12(16,17)18/h1-6H. The Balaban J connectivity index is 2.81. The Morgan fingerprint density at radius 1 is 0.611 bits per heavy atom. The molecule has 2 rings (SSSR count). The molecule has 0 N–H and O–H groups in total. The lowest BCUT2D eigenvalue weighted by Crippen LogP contribution is -2.16. The van der Waals surface area contributed by atoms with Crippen molar-refractivity contribution in [2.75, 3.05) is 0 Å². The van der Waals surface area contributed by atoms with E-state index >= 15 is 0 Å². The SMILES string of the molecule is FC(F)(F)c1cc2ccccc2cc1C(F)(F)F. The molecule has 0 fully saturated rings. The summed E-state index contributed by atoms with van der Waals surface area (Å²) in [4.78, 5) is 0. The second-order valence-corrected chi connectivity index (χ2v) is 3.74. The largest absolute Gasteiger partial charge is 0.417 e. The molecule has 96 valence electrons. The van der Waals surface area contributed by atoms with Gasteiger partial charge in [-0.25, -0.2) is 0 Å². The van der Waals surface area contributed by atoms with E-state index in [1.54, 1.807) is 0 Å². The van der Waals surface area contributed by atoms with Crippen LogP contribution in [0, 0.1) is 0 Å². The summed E-state index contributed by atoms with van der Waals surface area (Å²) < 4.78 is 75.6. The molecule has 0 spiro atoms. The Morgan fingerprint density at radius 2 is 0.944 bits per heavy atom. The first-order chi connectivity index (χ1) is 8.19. The van der Waals surface area contributed by atoms with E-state index in [-0.39, 0.29) is 10.8 Å². The number of halogens is 6. The van der Waals surface area contributed by atoms with E-state index in [0.29, 0.717) is 12.1 Å². The molecule has 18 heavy (non-hydrogen) atoms. The summed E-state index contributed by atoms with van der Waals surface area (Å²) in [7, 11) is 0. The molecule has 0 nitrogen and oxygen atoms in total. The van der Waals surface area contributed by atoms with Crippen molar-refractivity contribution < 1.29 is 26.3 Å². The predicted octanol–water partition coefficient (Wildman–Crippen LogP) is 4.88. The van der Waals surface area contributed by atoms with Crippen LogP contribution in [-0.2, 0) is 12.4 Å². The van der Waals surface area contributed by atoms with Gasteiger partial charge in [0.25, 0.3) is 0 Å². The third kappa shape index (κ3) is 2.27. The summed E-state index contributed by atoms with van der Waals surface area (Å²) in [5, 5.41) is 0.246. The van der Waals surface area contributed by atoms with E-state index < -0.39 is 23.5 Å². The Hall–Kier alpha value is -1.72. The van der Waals surface area contributed by atoms with Crippen molar-refractivity contribution >= 4 is 10.8 Å². The van der Waals surface area contributed by atoms with Crippen LogP contribution in [0.3, 0.4) is 0 Å². The smallest absolute Gasteiger partial charge is 0.166 e. The Labute approximate surface area is 97.8 Å². The highest BCUT2D eigenvalue weighted by molar-refractivity contribution is 5.84. The van der Waals surface area contributed by atoms with Gasteiger partial charge in [0.2, 0.25) is 0 Å². The highest BCUT2D eigenvalue weighted by atomic mass is 19.4. The van der Waals surface area contributed by atoms with Crippen LogP contribution in [0.5, 0.6) is 0 Å². The first kappa shape index (κ1) is 12.7. The predicted molar refractivity (Wildman–Crippen MR) is 54.0 cm³/mol. The molecule has 0 bridgehead atoms. The second kappa shape index (κ2) is 3.90. The quantitative estimate of drug-likeness (QED) is 0.595. The van der Waals surface area contributed by atoms with E-state index in [9.17, 15) is 26.3 Å². The van der Waals surface area contributed by atoms with Crippen molar-refractivity contribution in [2.45, 2.75) is 12.4 Å². The molecule has 6 heteroatoms. The summed E-state index contributed by atoms with van der Waals surface area (Å²) in [6.07, 6.45) is -10.1. The summed E-state index contributed by atoms with van der Waals surface area (Å²) in [5.74, 6) is 0. The van der Waals surface area contributed by atoms with Gasteiger partial charge in [0.1, 0.15) is 0 Å². The molecular weight excluding hydrogens is 258 g/mol. The minimum Gasteiger partial charge on any atom is -0.166 e. The molecule has 0 aliphatic carbocycles. The van der Waals surface area contributed by atoms with Gasteiger partial charge in [0, 0.05) is 0 Å². The van der Waals surface area contributed by atoms with E-state index in [0.717, 1.165) is 0 Å². The van der Waals surface area contributed by atoms with Crippen LogP contribution >= 0.6 is 0 Å². The molecule has 2 aromatic rings. The van der Waals surface area contributed by atoms with Crippen molar-refractivity contribution in [1.29, 1.82) is 0 Å². The van der Waals surface area contributed by atoms with Crippen LogP contribution < -0.4 is 0 Å². The van der Waals surface area contributed by atoms with Gasteiger partial charge < -0.3 is 0 Å². The lowest BCUT2D eigenvalue weighted by atomic mass is 10.00. The van der Waals surface area contributed by atoms with Crippen molar-refractivity contribution in [3.8, 4) is 0 Å². The number of alkyl halides is 6. The molecule has 0 saturated carbocycles. The van der Waals surface area contributed by atoms with Gasteiger partial charge in [-0.15, -0.1) is 0 Å². The Bertz CT molecular complexity index is 527. The van der Waals surface area contributed by atoms with Crippen LogP contribution in [0.25, 0.3) is 10.8 Å². The fourth-order valence-electron chi connectivity index (χ4n) is 1.71. The number of benzene rings is 2. The average Bonchev–Trinajstić information content (AvgIpc) is 2.25. The van der Waals surface area contributed by atoms with Crippen molar-refractivity contribution in [3.05, 3.63) is 47.5 Å². The molecule has 0 heterocycles. The third-order valence-corrected chi connectivity index (χ3v) is 2.50. The zero-order valence-corrected chi connectivity index (χ0v) is 8.73. The number of fused-ring (bicyclic) bond motifs is 1. The van der Waals surface area contributed by atoms with E-state index in [4.69, 9.17) is 0 Å². The highest BCUT2D eigenvalue weighted by Gasteiger charge is 2.43. The molecule has 0 saturated heterocycles. The van der Waals surface area contributed by atoms with Gasteiger partial charge in [-0.3, -0.25) is 0 Å². The fraction of sp³-hybridized carbons (Fsp3) is 0.167. The van der Waals surface area contributed by atoms with Gasteiger partial charge in [-0.05, 0) is 22.9 Å². The van der Waals surface area contributed by atoms with Crippen LogP contribution in [0.1, 0.15) is 11.1 Å². The maximum absolute atomic E-state index is 12.6. The number of hydrogen-bond acceptors (Lipinski definition) is 0. The van der Waals surface area contributed by atoms with Gasteiger partial charge >= 0.3 is 12.4 Å². The maximum atomic E-state index is 12.6. The third-order valence-electron chi connectivity index (χ3n) is 2.50. The summed E-state index contributed by atoms with van der Waals surface area (Å²) in [6, 6.07) is 6.66. The normalized spacial score (nSPS) is 13.0. The lowest BCUT2D eigenvalue weighted by molar-refractivity contribution is -0.161. The van der Waals surface area contributed by atoms with Crippen molar-refractivity contribution in [3.63, 3.8) is 0 Å². The second-order valence-electron chi connectivity index (χ2n) is 3.74. The van der Waals surface area contributed by atoms with E-state index in [2.05, 4.69) is 0 Å². The van der Waals surface area contributed by atoms with Crippen LogP contribution in [0.4, 0.5) is 26.3 Å². The molecule has 0 unspecified atom stereocenters. The summed E-state index contributed by atoms with van der Waals surface area (Å²) in [5.41, 5.74) is -3.32. The number of rotatable bonds is 0. The number of hydrogen-bond donors (Lipinski definition) is 0. The zero-order valence-electron chi connectivity index (χ0n) is 8.73. The highest BCUT2D eigenvalue weighted by Crippen LogP contribution is 2.41. The molecule has 0 aromatic heterocycles. The molecule has 0 radical (unpaired) electrons. The van der Waals surface area contributed by atoms with Crippen molar-refractivity contribution in [1.82, 2.24) is 0 Å². The van der Waals surface area contributed by atoms with Gasteiger partial charge in [-0.2, -0.15) is 26.3 Å². The molecular formula is C12H6F6. The summed E-state index contributed by atoms with van der Waals surface area (Å²) in [6.45, 7) is 0. The minimum absolute atomic E-state index is 0.123. The lowest BCUT2D eigenvalue weighted by Gasteiger charge is -2.16. The maximum Gasteiger partial charge on any atom is 0.417 e. The molecule has 0 atom stereocenters. The van der Waals surface area contributed by atoms with Crippen LogP contribution in [-0.4, -0.2) is 0 Å². The fourth-order valence-corrected chi connectivity index (χ4v) is 1.71. The molecule has 0 aliphatic heterocycles. The topological polar surface area (TPSA) is 0 Å². The average molecular weight is 264 g/mol. The van der Waals surface area contributed by atoms with E-state index in [1.165, 1.54) is 24.3 Å². The van der Waals surface area contributed by atoms with Gasteiger partial charge in [0.05, 0.1) is 11.1 Å². The van der Waals surface area contributed by atoms with Crippen molar-refractivity contribution in [2.24, 2.45) is 0 Å². The molecule has 0 aliphatic rings. The van der Waals surface area contributed by atoms with Crippen LogP contribution in [0.15, 0.2) is 36.4 Å². The van der Waals surface area contributed by atoms with Crippen LogP contribution in [0.2, 0.25) is 0 Å². The minimum atomic E-state index is -5.03. The Kier molecular flexibility index (Phi) is 2.76. The van der Waals surface area contributed by atoms with E-state index in [1.807, 2.05) is 0 Å². The zero-order chi connectivity index (χ0) is 13.6. The monoisotopic (exact) mass is 264 g/mol. The Morgan fingerprint density at radius 3 is 1.22 bits per heavy atom.